The first-order valence-electron chi connectivity index (χ1n) is 5.85. The highest BCUT2D eigenvalue weighted by molar-refractivity contribution is 5.58. The molecule has 2 rings (SSSR count). The van der Waals surface area contributed by atoms with Crippen molar-refractivity contribution in [3.05, 3.63) is 40.1 Å². The van der Waals surface area contributed by atoms with Gasteiger partial charge in [-0.05, 0) is 6.07 Å². The number of nitro benzene ring substituents is 1. The largest absolute Gasteiger partial charge is 0.490 e. The number of benzene rings is 1. The van der Waals surface area contributed by atoms with E-state index in [9.17, 15) is 10.1 Å². The summed E-state index contributed by atoms with van der Waals surface area (Å²) in [5.41, 5.74) is 7.32. The van der Waals surface area contributed by atoms with Crippen LogP contribution in [-0.2, 0) is 13.6 Å². The molecule has 0 spiro atoms. The van der Waals surface area contributed by atoms with Crippen molar-refractivity contribution in [1.82, 2.24) is 9.78 Å². The molecule has 0 aliphatic carbocycles. The highest BCUT2D eigenvalue weighted by Crippen LogP contribution is 2.29. The van der Waals surface area contributed by atoms with E-state index < -0.39 is 4.92 Å². The van der Waals surface area contributed by atoms with Crippen molar-refractivity contribution in [1.29, 1.82) is 0 Å². The fourth-order valence-electron chi connectivity index (χ4n) is 1.76. The molecule has 8 nitrogen and oxygen atoms in total. The number of hydrogen-bond donors (Lipinski definition) is 2. The van der Waals surface area contributed by atoms with Crippen LogP contribution in [0.1, 0.15) is 5.56 Å². The smallest absolute Gasteiger partial charge is 0.311 e. The van der Waals surface area contributed by atoms with E-state index in [1.807, 2.05) is 0 Å². The van der Waals surface area contributed by atoms with Gasteiger partial charge in [0, 0.05) is 37.0 Å². The monoisotopic (exact) mass is 277 g/mol. The maximum absolute atomic E-state index is 10.8. The molecule has 0 radical (unpaired) electrons. The van der Waals surface area contributed by atoms with Crippen LogP contribution in [0.25, 0.3) is 0 Å². The van der Waals surface area contributed by atoms with Crippen LogP contribution in [-0.4, -0.2) is 21.8 Å². The van der Waals surface area contributed by atoms with Gasteiger partial charge in [0.25, 0.3) is 0 Å². The van der Waals surface area contributed by atoms with E-state index in [0.717, 1.165) is 5.56 Å². The van der Waals surface area contributed by atoms with Crippen molar-refractivity contribution in [3.8, 4) is 5.75 Å². The van der Waals surface area contributed by atoms with Gasteiger partial charge >= 0.3 is 5.69 Å². The average Bonchev–Trinajstić information content (AvgIpc) is 2.76. The topological polar surface area (TPSA) is 108 Å². The van der Waals surface area contributed by atoms with Crippen LogP contribution in [0.4, 0.5) is 17.2 Å². The Hall–Kier alpha value is -2.77. The average molecular weight is 277 g/mol. The van der Waals surface area contributed by atoms with E-state index in [-0.39, 0.29) is 11.4 Å². The summed E-state index contributed by atoms with van der Waals surface area (Å²) in [5, 5.41) is 18.0. The zero-order chi connectivity index (χ0) is 14.7. The first-order chi connectivity index (χ1) is 9.52. The standard InChI is InChI=1S/C12H15N5O3/c1-16-12(13)8(7-15-16)6-14-9-3-4-10(17(18)19)11(5-9)20-2/h3-5,7,14H,6,13H2,1-2H3. The normalized spacial score (nSPS) is 10.3. The maximum Gasteiger partial charge on any atom is 0.311 e. The number of nitrogens with two attached hydrogens (primary N) is 1. The van der Waals surface area contributed by atoms with Crippen LogP contribution < -0.4 is 15.8 Å². The van der Waals surface area contributed by atoms with Crippen LogP contribution in [0, 0.1) is 10.1 Å². The molecule has 0 amide bonds. The second kappa shape index (κ2) is 5.47. The van der Waals surface area contributed by atoms with Gasteiger partial charge in [-0.3, -0.25) is 14.8 Å². The highest BCUT2D eigenvalue weighted by Gasteiger charge is 2.14. The third kappa shape index (κ3) is 2.63. The number of anilines is 2. The Bertz CT molecular complexity index is 638. The molecule has 0 saturated carbocycles. The SMILES string of the molecule is COc1cc(NCc2cnn(C)c2N)ccc1[N+](=O)[O-]. The van der Waals surface area contributed by atoms with Gasteiger partial charge in [-0.1, -0.05) is 0 Å². The number of methoxy groups -OCH3 is 1. The number of nitrogen functional groups attached to an aromatic ring is 1. The predicted octanol–water partition coefficient (Wildman–Crippen LogP) is 1.53. The van der Waals surface area contributed by atoms with Gasteiger partial charge in [-0.25, -0.2) is 0 Å². The Morgan fingerprint density at radius 1 is 1.55 bits per heavy atom. The van der Waals surface area contributed by atoms with Crippen molar-refractivity contribution in [2.75, 3.05) is 18.2 Å². The van der Waals surface area contributed by atoms with Crippen molar-refractivity contribution >= 4 is 17.2 Å². The summed E-state index contributed by atoms with van der Waals surface area (Å²) in [5.74, 6) is 0.783. The lowest BCUT2D eigenvalue weighted by Gasteiger charge is -2.08. The van der Waals surface area contributed by atoms with Crippen LogP contribution in [0.3, 0.4) is 0 Å². The van der Waals surface area contributed by atoms with E-state index in [2.05, 4.69) is 10.4 Å². The fraction of sp³-hybridized carbons (Fsp3) is 0.250. The van der Waals surface area contributed by atoms with Gasteiger partial charge in [0.2, 0.25) is 0 Å². The number of nitro groups is 1. The molecule has 20 heavy (non-hydrogen) atoms. The molecule has 2 aromatic rings. The molecule has 1 heterocycles. The first-order valence-corrected chi connectivity index (χ1v) is 5.85. The summed E-state index contributed by atoms with van der Waals surface area (Å²) in [4.78, 5) is 10.3. The zero-order valence-electron chi connectivity index (χ0n) is 11.2. The number of nitrogens with one attached hydrogen (secondary N) is 1. The molecule has 8 heteroatoms. The van der Waals surface area contributed by atoms with E-state index in [1.165, 1.54) is 13.2 Å². The summed E-state index contributed by atoms with van der Waals surface area (Å²) in [6.07, 6.45) is 1.67. The minimum absolute atomic E-state index is 0.0704. The first kappa shape index (κ1) is 13.7. The van der Waals surface area contributed by atoms with E-state index in [0.29, 0.717) is 18.1 Å². The predicted molar refractivity (Wildman–Crippen MR) is 74.6 cm³/mol. The van der Waals surface area contributed by atoms with E-state index in [1.54, 1.807) is 30.1 Å². The van der Waals surface area contributed by atoms with Crippen molar-refractivity contribution in [2.24, 2.45) is 7.05 Å². The quantitative estimate of drug-likeness (QED) is 0.633. The van der Waals surface area contributed by atoms with Crippen LogP contribution in [0.2, 0.25) is 0 Å². The van der Waals surface area contributed by atoms with Gasteiger partial charge in [-0.2, -0.15) is 5.10 Å². The molecular formula is C12H15N5O3. The Labute approximate surface area is 115 Å². The minimum atomic E-state index is -0.484. The molecule has 0 fully saturated rings. The van der Waals surface area contributed by atoms with Crippen molar-refractivity contribution in [2.45, 2.75) is 6.54 Å². The summed E-state index contributed by atoms with van der Waals surface area (Å²) < 4.78 is 6.58. The van der Waals surface area contributed by atoms with E-state index in [4.69, 9.17) is 10.5 Å². The lowest BCUT2D eigenvalue weighted by atomic mass is 10.2. The molecule has 1 aromatic carbocycles. The van der Waals surface area contributed by atoms with Crippen LogP contribution in [0.5, 0.6) is 5.75 Å². The van der Waals surface area contributed by atoms with Crippen molar-refractivity contribution < 1.29 is 9.66 Å². The Balaban J connectivity index is 2.14. The number of aryl methyl sites for hydroxylation is 1. The number of aromatic nitrogens is 2. The lowest BCUT2D eigenvalue weighted by Crippen LogP contribution is -2.04. The summed E-state index contributed by atoms with van der Waals surface area (Å²) in [7, 11) is 3.15. The van der Waals surface area contributed by atoms with Gasteiger partial charge in [0.05, 0.1) is 18.2 Å². The number of ether oxygens (including phenoxy) is 1. The van der Waals surface area contributed by atoms with Gasteiger partial charge in [0.15, 0.2) is 5.75 Å². The molecule has 0 unspecified atom stereocenters. The van der Waals surface area contributed by atoms with Gasteiger partial charge in [-0.15, -0.1) is 0 Å². The Morgan fingerprint density at radius 2 is 2.30 bits per heavy atom. The third-order valence-electron chi connectivity index (χ3n) is 2.92. The van der Waals surface area contributed by atoms with Crippen LogP contribution >= 0.6 is 0 Å². The Kier molecular flexibility index (Phi) is 3.74. The lowest BCUT2D eigenvalue weighted by molar-refractivity contribution is -0.385. The van der Waals surface area contributed by atoms with Crippen molar-refractivity contribution in [3.63, 3.8) is 0 Å². The van der Waals surface area contributed by atoms with Gasteiger partial charge < -0.3 is 15.8 Å². The number of rotatable bonds is 5. The summed E-state index contributed by atoms with van der Waals surface area (Å²) in [6, 6.07) is 4.59. The number of hydrogen-bond acceptors (Lipinski definition) is 6. The summed E-state index contributed by atoms with van der Waals surface area (Å²) in [6.45, 7) is 0.473. The molecule has 106 valence electrons. The van der Waals surface area contributed by atoms with E-state index >= 15 is 0 Å². The highest BCUT2D eigenvalue weighted by atomic mass is 16.6. The van der Waals surface area contributed by atoms with Gasteiger partial charge in [0.1, 0.15) is 5.82 Å². The zero-order valence-corrected chi connectivity index (χ0v) is 11.2. The molecule has 0 aliphatic heterocycles. The van der Waals surface area contributed by atoms with Crippen LogP contribution in [0.15, 0.2) is 24.4 Å². The molecule has 3 N–H and O–H groups in total. The molecule has 0 aliphatic rings. The number of nitrogens with zero attached hydrogens (tertiary/aromatic N) is 3. The molecule has 1 aromatic heterocycles. The maximum atomic E-state index is 10.8. The third-order valence-corrected chi connectivity index (χ3v) is 2.92. The Morgan fingerprint density at radius 3 is 2.85 bits per heavy atom. The molecular weight excluding hydrogens is 262 g/mol. The molecule has 0 atom stereocenters. The summed E-state index contributed by atoms with van der Waals surface area (Å²) >= 11 is 0. The molecule has 0 bridgehead atoms. The second-order valence-corrected chi connectivity index (χ2v) is 4.18. The molecule has 0 saturated heterocycles. The fourth-order valence-corrected chi connectivity index (χ4v) is 1.76. The second-order valence-electron chi connectivity index (χ2n) is 4.18. The minimum Gasteiger partial charge on any atom is -0.490 e.